The number of aliphatic hydroxyl groups excluding tert-OH is 1. The second-order valence-corrected chi connectivity index (χ2v) is 4.95. The highest BCUT2D eigenvalue weighted by Gasteiger charge is 2.22. The summed E-state index contributed by atoms with van der Waals surface area (Å²) in [6.07, 6.45) is 2.59. The Balaban J connectivity index is 3.07. The predicted octanol–water partition coefficient (Wildman–Crippen LogP) is 1.89. The molecule has 0 aliphatic carbocycles. The predicted molar refractivity (Wildman–Crippen MR) is 74.6 cm³/mol. The number of hydrogen-bond donors (Lipinski definition) is 3. The minimum absolute atomic E-state index is 0.0515. The molecule has 1 rings (SSSR count). The molecule has 1 aromatic heterocycles. The summed E-state index contributed by atoms with van der Waals surface area (Å²) in [7, 11) is 0. The second kappa shape index (κ2) is 6.00. The van der Waals surface area contributed by atoms with Crippen LogP contribution in [0.3, 0.4) is 0 Å². The molecule has 1 aromatic rings. The summed E-state index contributed by atoms with van der Waals surface area (Å²) in [6.45, 7) is 8.01. The Bertz CT molecular complexity index is 402. The van der Waals surface area contributed by atoms with E-state index in [1.165, 1.54) is 0 Å². The Hall–Kier alpha value is -1.36. The van der Waals surface area contributed by atoms with Crippen LogP contribution in [0, 0.1) is 6.92 Å². The van der Waals surface area contributed by atoms with Crippen molar-refractivity contribution in [3.63, 3.8) is 0 Å². The maximum atomic E-state index is 9.44. The molecule has 0 bridgehead atoms. The van der Waals surface area contributed by atoms with Gasteiger partial charge in [0, 0.05) is 12.0 Å². The van der Waals surface area contributed by atoms with Crippen molar-refractivity contribution in [1.29, 1.82) is 0 Å². The van der Waals surface area contributed by atoms with E-state index in [0.29, 0.717) is 5.82 Å². The van der Waals surface area contributed by atoms with Crippen LogP contribution in [-0.2, 0) is 6.42 Å². The van der Waals surface area contributed by atoms with E-state index in [4.69, 9.17) is 5.73 Å². The maximum absolute atomic E-state index is 9.44. The lowest BCUT2D eigenvalue weighted by molar-refractivity contribution is 0.218. The van der Waals surface area contributed by atoms with E-state index in [1.54, 1.807) is 0 Å². The molecule has 0 amide bonds. The fourth-order valence-electron chi connectivity index (χ4n) is 1.56. The highest BCUT2D eigenvalue weighted by atomic mass is 16.3. The van der Waals surface area contributed by atoms with Crippen LogP contribution in [0.2, 0.25) is 0 Å². The molecule has 102 valence electrons. The van der Waals surface area contributed by atoms with Crippen molar-refractivity contribution in [2.45, 2.75) is 52.5 Å². The average molecular weight is 252 g/mol. The summed E-state index contributed by atoms with van der Waals surface area (Å²) in [5.41, 5.74) is 6.36. The molecule has 5 nitrogen and oxygen atoms in total. The summed E-state index contributed by atoms with van der Waals surface area (Å²) in [5.74, 6) is 1.98. The van der Waals surface area contributed by atoms with Crippen LogP contribution in [0.25, 0.3) is 0 Å². The van der Waals surface area contributed by atoms with Crippen LogP contribution >= 0.6 is 0 Å². The van der Waals surface area contributed by atoms with E-state index < -0.39 is 0 Å². The van der Waals surface area contributed by atoms with E-state index in [2.05, 4.69) is 22.2 Å². The number of nitrogens with two attached hydrogens (primary N) is 1. The van der Waals surface area contributed by atoms with Crippen molar-refractivity contribution in [3.8, 4) is 0 Å². The lowest BCUT2D eigenvalue weighted by atomic mass is 10.00. The van der Waals surface area contributed by atoms with E-state index in [1.807, 2.05) is 20.8 Å². The van der Waals surface area contributed by atoms with Crippen LogP contribution in [0.4, 0.5) is 11.6 Å². The van der Waals surface area contributed by atoms with Crippen molar-refractivity contribution < 1.29 is 5.11 Å². The molecule has 0 radical (unpaired) electrons. The van der Waals surface area contributed by atoms with Gasteiger partial charge < -0.3 is 16.2 Å². The number of rotatable bonds is 6. The standard InChI is InChI=1S/C13H24N4O/c1-5-7-10-15-11(14)9(3)12(16-10)17-13(4,6-2)8-18/h18H,5-8H2,1-4H3,(H3,14,15,16,17). The van der Waals surface area contributed by atoms with Gasteiger partial charge in [-0.15, -0.1) is 0 Å². The minimum Gasteiger partial charge on any atom is -0.394 e. The molecule has 4 N–H and O–H groups in total. The van der Waals surface area contributed by atoms with Crippen molar-refractivity contribution in [1.82, 2.24) is 9.97 Å². The van der Waals surface area contributed by atoms with Crippen LogP contribution in [0.5, 0.6) is 0 Å². The van der Waals surface area contributed by atoms with Crippen molar-refractivity contribution in [3.05, 3.63) is 11.4 Å². The highest BCUT2D eigenvalue weighted by molar-refractivity contribution is 5.55. The maximum Gasteiger partial charge on any atom is 0.135 e. The molecule has 18 heavy (non-hydrogen) atoms. The summed E-state index contributed by atoms with van der Waals surface area (Å²) in [6, 6.07) is 0. The third-order valence-electron chi connectivity index (χ3n) is 3.25. The number of nitrogens with zero attached hydrogens (tertiary/aromatic N) is 2. The lowest BCUT2D eigenvalue weighted by Gasteiger charge is -2.29. The molecule has 0 fully saturated rings. The zero-order chi connectivity index (χ0) is 13.8. The van der Waals surface area contributed by atoms with Crippen LogP contribution < -0.4 is 11.1 Å². The van der Waals surface area contributed by atoms with Gasteiger partial charge in [-0.05, 0) is 26.7 Å². The topological polar surface area (TPSA) is 84.1 Å². The number of nitrogen functional groups attached to an aromatic ring is 1. The molecular weight excluding hydrogens is 228 g/mol. The lowest BCUT2D eigenvalue weighted by Crippen LogP contribution is -2.38. The van der Waals surface area contributed by atoms with Gasteiger partial charge in [-0.25, -0.2) is 9.97 Å². The van der Waals surface area contributed by atoms with Gasteiger partial charge in [0.05, 0.1) is 12.1 Å². The third kappa shape index (κ3) is 3.32. The van der Waals surface area contributed by atoms with E-state index in [-0.39, 0.29) is 12.1 Å². The molecule has 0 saturated carbocycles. The van der Waals surface area contributed by atoms with Gasteiger partial charge in [-0.3, -0.25) is 0 Å². The SMILES string of the molecule is CCCc1nc(N)c(C)c(NC(C)(CC)CO)n1. The summed E-state index contributed by atoms with van der Waals surface area (Å²) >= 11 is 0. The van der Waals surface area contributed by atoms with Crippen LogP contribution in [0.15, 0.2) is 0 Å². The second-order valence-electron chi connectivity index (χ2n) is 4.95. The van der Waals surface area contributed by atoms with Gasteiger partial charge in [-0.2, -0.15) is 0 Å². The number of aromatic nitrogens is 2. The number of anilines is 2. The Morgan fingerprint density at radius 2 is 2.00 bits per heavy atom. The molecule has 0 aromatic carbocycles. The van der Waals surface area contributed by atoms with Crippen LogP contribution in [0.1, 0.15) is 45.0 Å². The Labute approximate surface area is 109 Å². The quantitative estimate of drug-likeness (QED) is 0.720. The molecule has 0 aliphatic heterocycles. The Morgan fingerprint density at radius 1 is 1.33 bits per heavy atom. The molecule has 1 unspecified atom stereocenters. The minimum atomic E-state index is -0.380. The van der Waals surface area contributed by atoms with Crippen molar-refractivity contribution >= 4 is 11.6 Å². The third-order valence-corrected chi connectivity index (χ3v) is 3.25. The molecule has 5 heteroatoms. The highest BCUT2D eigenvalue weighted by Crippen LogP contribution is 2.23. The first-order valence-electron chi connectivity index (χ1n) is 6.47. The average Bonchev–Trinajstić information content (AvgIpc) is 2.35. The van der Waals surface area contributed by atoms with E-state index in [0.717, 1.165) is 36.5 Å². The molecule has 1 heterocycles. The van der Waals surface area contributed by atoms with Gasteiger partial charge in [0.25, 0.3) is 0 Å². The molecular formula is C13H24N4O. The first-order valence-corrected chi connectivity index (χ1v) is 6.47. The van der Waals surface area contributed by atoms with Gasteiger partial charge in [0.1, 0.15) is 17.5 Å². The van der Waals surface area contributed by atoms with Crippen LogP contribution in [-0.4, -0.2) is 27.2 Å². The Kier molecular flexibility index (Phi) is 4.90. The molecule has 1 atom stereocenters. The number of aryl methyl sites for hydroxylation is 1. The fraction of sp³-hybridized carbons (Fsp3) is 0.692. The monoisotopic (exact) mass is 252 g/mol. The molecule has 0 spiro atoms. The first kappa shape index (κ1) is 14.7. The van der Waals surface area contributed by atoms with Crippen molar-refractivity contribution in [2.24, 2.45) is 0 Å². The Morgan fingerprint density at radius 3 is 2.50 bits per heavy atom. The largest absolute Gasteiger partial charge is 0.394 e. The first-order chi connectivity index (χ1) is 8.45. The van der Waals surface area contributed by atoms with Gasteiger partial charge >= 0.3 is 0 Å². The van der Waals surface area contributed by atoms with E-state index in [9.17, 15) is 5.11 Å². The summed E-state index contributed by atoms with van der Waals surface area (Å²) in [4.78, 5) is 8.76. The van der Waals surface area contributed by atoms with Crippen molar-refractivity contribution in [2.75, 3.05) is 17.7 Å². The molecule has 0 aliphatic rings. The zero-order valence-electron chi connectivity index (χ0n) is 11.7. The number of nitrogens with one attached hydrogen (secondary N) is 1. The summed E-state index contributed by atoms with van der Waals surface area (Å²) in [5, 5.41) is 12.7. The van der Waals surface area contributed by atoms with E-state index >= 15 is 0 Å². The summed E-state index contributed by atoms with van der Waals surface area (Å²) < 4.78 is 0. The molecule has 0 saturated heterocycles. The fourth-order valence-corrected chi connectivity index (χ4v) is 1.56. The van der Waals surface area contributed by atoms with Gasteiger partial charge in [-0.1, -0.05) is 13.8 Å². The van der Waals surface area contributed by atoms with Gasteiger partial charge in [0.2, 0.25) is 0 Å². The normalized spacial score (nSPS) is 14.3. The number of aliphatic hydroxyl groups is 1. The number of hydrogen-bond acceptors (Lipinski definition) is 5. The van der Waals surface area contributed by atoms with Gasteiger partial charge in [0.15, 0.2) is 0 Å². The smallest absolute Gasteiger partial charge is 0.135 e. The zero-order valence-corrected chi connectivity index (χ0v) is 11.7.